The fourth-order valence-corrected chi connectivity index (χ4v) is 2.68. The molecular formula is C14H24N4O2. The van der Waals surface area contributed by atoms with Crippen molar-refractivity contribution in [2.24, 2.45) is 7.05 Å². The molecule has 1 fully saturated rings. The second kappa shape index (κ2) is 6.85. The first-order chi connectivity index (χ1) is 9.65. The Bertz CT molecular complexity index is 458. The maximum Gasteiger partial charge on any atom is 0.341 e. The summed E-state index contributed by atoms with van der Waals surface area (Å²) in [6.07, 6.45) is 3.99. The molecular weight excluding hydrogens is 256 g/mol. The highest BCUT2D eigenvalue weighted by molar-refractivity contribution is 5.90. The maximum absolute atomic E-state index is 11.9. The number of hydrogen-bond donors (Lipinski definition) is 1. The zero-order chi connectivity index (χ0) is 14.5. The third-order valence-corrected chi connectivity index (χ3v) is 3.84. The van der Waals surface area contributed by atoms with Gasteiger partial charge in [-0.25, -0.2) is 4.79 Å². The third-order valence-electron chi connectivity index (χ3n) is 3.84. The van der Waals surface area contributed by atoms with E-state index in [1.165, 1.54) is 12.8 Å². The summed E-state index contributed by atoms with van der Waals surface area (Å²) in [6, 6.07) is 0.531. The molecule has 1 unspecified atom stereocenters. The van der Waals surface area contributed by atoms with Gasteiger partial charge in [0.15, 0.2) is 0 Å². The highest BCUT2D eigenvalue weighted by Gasteiger charge is 2.23. The number of likely N-dealkylation sites (tertiary alicyclic amines) is 1. The minimum absolute atomic E-state index is 0.280. The Morgan fingerprint density at radius 1 is 1.60 bits per heavy atom. The van der Waals surface area contributed by atoms with Gasteiger partial charge in [-0.1, -0.05) is 0 Å². The number of aryl methyl sites for hydroxylation is 1. The smallest absolute Gasteiger partial charge is 0.341 e. The van der Waals surface area contributed by atoms with Gasteiger partial charge in [-0.2, -0.15) is 5.10 Å². The summed E-state index contributed by atoms with van der Waals surface area (Å²) in [5.41, 5.74) is 1.51. The number of nitrogens with zero attached hydrogens (tertiary/aromatic N) is 3. The van der Waals surface area contributed by atoms with Gasteiger partial charge in [0.1, 0.15) is 5.56 Å². The van der Waals surface area contributed by atoms with E-state index < -0.39 is 0 Å². The van der Waals surface area contributed by atoms with Gasteiger partial charge >= 0.3 is 5.97 Å². The topological polar surface area (TPSA) is 59.4 Å². The minimum Gasteiger partial charge on any atom is -0.462 e. The first kappa shape index (κ1) is 15.0. The van der Waals surface area contributed by atoms with Crippen molar-refractivity contribution in [3.63, 3.8) is 0 Å². The van der Waals surface area contributed by atoms with E-state index in [1.54, 1.807) is 10.9 Å². The molecule has 20 heavy (non-hydrogen) atoms. The van der Waals surface area contributed by atoms with Gasteiger partial charge in [0.25, 0.3) is 0 Å². The number of nitrogens with one attached hydrogen (secondary N) is 1. The molecule has 0 radical (unpaired) electrons. The number of carbonyl (C=O) groups excluding carboxylic acids is 1. The lowest BCUT2D eigenvalue weighted by Crippen LogP contribution is -2.44. The molecule has 1 N–H and O–H groups in total. The molecule has 1 atom stereocenters. The summed E-state index contributed by atoms with van der Waals surface area (Å²) in [5.74, 6) is -0.280. The number of esters is 1. The highest BCUT2D eigenvalue weighted by Crippen LogP contribution is 2.16. The number of ether oxygens (including phenoxy) is 1. The number of piperidine rings is 1. The Hall–Kier alpha value is -1.40. The second-order valence-electron chi connectivity index (χ2n) is 5.21. The number of hydrogen-bond acceptors (Lipinski definition) is 5. The van der Waals surface area contributed by atoms with E-state index in [-0.39, 0.29) is 5.97 Å². The molecule has 2 rings (SSSR count). The average Bonchev–Trinajstić information content (AvgIpc) is 2.81. The fourth-order valence-electron chi connectivity index (χ4n) is 2.68. The Morgan fingerprint density at radius 2 is 2.40 bits per heavy atom. The predicted octanol–water partition coefficient (Wildman–Crippen LogP) is 0.781. The van der Waals surface area contributed by atoms with Gasteiger partial charge in [0, 0.05) is 26.2 Å². The van der Waals surface area contributed by atoms with Crippen LogP contribution in [0.1, 0.15) is 35.8 Å². The predicted molar refractivity (Wildman–Crippen MR) is 76.5 cm³/mol. The number of likely N-dealkylation sites (N-methyl/N-ethyl adjacent to an activating group) is 1. The van der Waals surface area contributed by atoms with E-state index in [4.69, 9.17) is 4.74 Å². The van der Waals surface area contributed by atoms with Gasteiger partial charge in [0.2, 0.25) is 0 Å². The normalized spacial score (nSPS) is 20.1. The number of carbonyl (C=O) groups is 1. The van der Waals surface area contributed by atoms with Crippen LogP contribution >= 0.6 is 0 Å². The van der Waals surface area contributed by atoms with E-state index in [0.717, 1.165) is 25.3 Å². The Labute approximate surface area is 120 Å². The molecule has 112 valence electrons. The summed E-state index contributed by atoms with van der Waals surface area (Å²) < 4.78 is 6.86. The molecule has 0 aromatic carbocycles. The van der Waals surface area contributed by atoms with Gasteiger partial charge in [0.05, 0.1) is 18.5 Å². The molecule has 0 spiro atoms. The van der Waals surface area contributed by atoms with Gasteiger partial charge in [-0.3, -0.25) is 9.58 Å². The lowest BCUT2D eigenvalue weighted by Gasteiger charge is -2.32. The standard InChI is InChI=1S/C14H24N4O2/c1-4-20-14(19)12-8-16-17(3)13(12)10-18-7-5-6-11(9-18)15-2/h8,11,15H,4-7,9-10H2,1-3H3. The minimum atomic E-state index is -0.280. The molecule has 1 aromatic rings. The number of rotatable bonds is 5. The molecule has 6 nitrogen and oxygen atoms in total. The summed E-state index contributed by atoms with van der Waals surface area (Å²) in [6.45, 7) is 5.01. The monoisotopic (exact) mass is 280 g/mol. The quantitative estimate of drug-likeness (QED) is 0.808. The first-order valence-corrected chi connectivity index (χ1v) is 7.23. The molecule has 1 aromatic heterocycles. The van der Waals surface area contributed by atoms with Crippen LogP contribution in [0.5, 0.6) is 0 Å². The molecule has 1 aliphatic rings. The van der Waals surface area contributed by atoms with E-state index in [1.807, 2.05) is 21.0 Å². The third kappa shape index (κ3) is 3.37. The maximum atomic E-state index is 11.9. The average molecular weight is 280 g/mol. The molecule has 0 bridgehead atoms. The van der Waals surface area contributed by atoms with Crippen molar-refractivity contribution in [1.29, 1.82) is 0 Å². The highest BCUT2D eigenvalue weighted by atomic mass is 16.5. The van der Waals surface area contributed by atoms with Crippen LogP contribution in [0.4, 0.5) is 0 Å². The molecule has 0 aliphatic carbocycles. The molecule has 0 amide bonds. The second-order valence-corrected chi connectivity index (χ2v) is 5.21. The Balaban J connectivity index is 2.08. The van der Waals surface area contributed by atoms with Crippen LogP contribution in [0.15, 0.2) is 6.20 Å². The summed E-state index contributed by atoms with van der Waals surface area (Å²) >= 11 is 0. The SMILES string of the molecule is CCOC(=O)c1cnn(C)c1CN1CCCC(NC)C1. The van der Waals surface area contributed by atoms with E-state index in [2.05, 4.69) is 15.3 Å². The summed E-state index contributed by atoms with van der Waals surface area (Å²) in [4.78, 5) is 14.3. The molecule has 1 aliphatic heterocycles. The Morgan fingerprint density at radius 3 is 3.10 bits per heavy atom. The lowest BCUT2D eigenvalue weighted by atomic mass is 10.1. The van der Waals surface area contributed by atoms with Crippen LogP contribution in [0, 0.1) is 0 Å². The lowest BCUT2D eigenvalue weighted by molar-refractivity contribution is 0.0523. The van der Waals surface area contributed by atoms with Crippen molar-refractivity contribution in [3.05, 3.63) is 17.5 Å². The zero-order valence-electron chi connectivity index (χ0n) is 12.6. The van der Waals surface area contributed by atoms with Crippen molar-refractivity contribution < 1.29 is 9.53 Å². The van der Waals surface area contributed by atoms with Crippen molar-refractivity contribution >= 4 is 5.97 Å². The molecule has 6 heteroatoms. The molecule has 2 heterocycles. The van der Waals surface area contributed by atoms with Gasteiger partial charge in [-0.05, 0) is 33.4 Å². The largest absolute Gasteiger partial charge is 0.462 e. The van der Waals surface area contributed by atoms with Gasteiger partial charge < -0.3 is 10.1 Å². The van der Waals surface area contributed by atoms with Gasteiger partial charge in [-0.15, -0.1) is 0 Å². The molecule has 0 saturated carbocycles. The summed E-state index contributed by atoms with van der Waals surface area (Å²) in [7, 11) is 3.87. The van der Waals surface area contributed by atoms with Crippen molar-refractivity contribution in [3.8, 4) is 0 Å². The van der Waals surface area contributed by atoms with Crippen molar-refractivity contribution in [2.75, 3.05) is 26.7 Å². The van der Waals surface area contributed by atoms with E-state index in [0.29, 0.717) is 18.2 Å². The van der Waals surface area contributed by atoms with E-state index >= 15 is 0 Å². The van der Waals surface area contributed by atoms with Crippen LogP contribution < -0.4 is 5.32 Å². The van der Waals surface area contributed by atoms with Crippen LogP contribution in [-0.2, 0) is 18.3 Å². The number of aromatic nitrogens is 2. The fraction of sp³-hybridized carbons (Fsp3) is 0.714. The first-order valence-electron chi connectivity index (χ1n) is 7.23. The van der Waals surface area contributed by atoms with Crippen LogP contribution in [-0.4, -0.2) is 53.4 Å². The van der Waals surface area contributed by atoms with Crippen LogP contribution in [0.25, 0.3) is 0 Å². The van der Waals surface area contributed by atoms with Crippen LogP contribution in [0.2, 0.25) is 0 Å². The summed E-state index contributed by atoms with van der Waals surface area (Å²) in [5, 5.41) is 7.53. The Kier molecular flexibility index (Phi) is 5.14. The van der Waals surface area contributed by atoms with Crippen molar-refractivity contribution in [1.82, 2.24) is 20.0 Å². The molecule has 1 saturated heterocycles. The van der Waals surface area contributed by atoms with E-state index in [9.17, 15) is 4.79 Å². The van der Waals surface area contributed by atoms with Crippen LogP contribution in [0.3, 0.4) is 0 Å². The van der Waals surface area contributed by atoms with Crippen molar-refractivity contribution in [2.45, 2.75) is 32.4 Å². The zero-order valence-corrected chi connectivity index (χ0v) is 12.6.